The van der Waals surface area contributed by atoms with Crippen molar-refractivity contribution in [3.05, 3.63) is 25.3 Å². The van der Waals surface area contributed by atoms with Crippen molar-refractivity contribution in [1.29, 1.82) is 0 Å². The van der Waals surface area contributed by atoms with Gasteiger partial charge in [-0.2, -0.15) is 0 Å². The molecule has 0 bridgehead atoms. The van der Waals surface area contributed by atoms with Crippen molar-refractivity contribution in [3.8, 4) is 0 Å². The number of nitrogens with zero attached hydrogens (tertiary/aromatic N) is 1. The second kappa shape index (κ2) is 12.4. The smallest absolute Gasteiger partial charge is 0.0163 e. The van der Waals surface area contributed by atoms with E-state index in [1.807, 2.05) is 12.2 Å². The van der Waals surface area contributed by atoms with Crippen molar-refractivity contribution in [2.75, 3.05) is 26.2 Å². The fourth-order valence-electron chi connectivity index (χ4n) is 2.13. The molecule has 1 rings (SSSR count). The van der Waals surface area contributed by atoms with Crippen molar-refractivity contribution in [3.63, 3.8) is 0 Å². The van der Waals surface area contributed by atoms with Crippen LogP contribution in [0.1, 0.15) is 25.7 Å². The molecule has 2 nitrogen and oxygen atoms in total. The molecule has 17 heavy (non-hydrogen) atoms. The van der Waals surface area contributed by atoms with Crippen LogP contribution >= 0.6 is 24.8 Å². The first kappa shape index (κ1) is 19.3. The molecule has 1 aliphatic rings. The number of nitrogens with one attached hydrogen (secondary N) is 1. The summed E-state index contributed by atoms with van der Waals surface area (Å²) in [4.78, 5) is 2.39. The summed E-state index contributed by atoms with van der Waals surface area (Å²) in [7, 11) is 0. The molecule has 0 aliphatic carbocycles. The zero-order chi connectivity index (χ0) is 10.9. The van der Waals surface area contributed by atoms with Gasteiger partial charge in [-0.25, -0.2) is 0 Å². The normalized spacial score (nSPS) is 19.0. The minimum absolute atomic E-state index is 0. The van der Waals surface area contributed by atoms with Gasteiger partial charge in [-0.05, 0) is 25.8 Å². The summed E-state index contributed by atoms with van der Waals surface area (Å²) in [6, 6.07) is 0.732. The van der Waals surface area contributed by atoms with Crippen LogP contribution in [0, 0.1) is 0 Å². The first-order valence-electron chi connectivity index (χ1n) is 6.04. The van der Waals surface area contributed by atoms with Crippen LogP contribution in [-0.4, -0.2) is 37.1 Å². The second-order valence-corrected chi connectivity index (χ2v) is 4.27. The van der Waals surface area contributed by atoms with Crippen LogP contribution in [0.4, 0.5) is 0 Å². The molecule has 0 aromatic rings. The fourth-order valence-corrected chi connectivity index (χ4v) is 2.13. The first-order chi connectivity index (χ1) is 7.36. The lowest BCUT2D eigenvalue weighted by atomic mass is 10.0. The van der Waals surface area contributed by atoms with Gasteiger partial charge in [0.15, 0.2) is 0 Å². The van der Waals surface area contributed by atoms with E-state index in [-0.39, 0.29) is 24.8 Å². The third-order valence-corrected chi connectivity index (χ3v) is 2.98. The summed E-state index contributed by atoms with van der Waals surface area (Å²) < 4.78 is 0. The largest absolute Gasteiger partial charge is 0.314 e. The van der Waals surface area contributed by atoms with E-state index in [0.29, 0.717) is 0 Å². The summed E-state index contributed by atoms with van der Waals surface area (Å²) in [5, 5.41) is 3.58. The van der Waals surface area contributed by atoms with Gasteiger partial charge in [-0.15, -0.1) is 38.0 Å². The Morgan fingerprint density at radius 2 is 1.76 bits per heavy atom. The topological polar surface area (TPSA) is 15.3 Å². The predicted octanol–water partition coefficient (Wildman–Crippen LogP) is 3.04. The minimum atomic E-state index is 0. The maximum absolute atomic E-state index is 3.79. The van der Waals surface area contributed by atoms with Crippen LogP contribution in [0.5, 0.6) is 0 Å². The summed E-state index contributed by atoms with van der Waals surface area (Å²) >= 11 is 0. The van der Waals surface area contributed by atoms with Gasteiger partial charge in [0.1, 0.15) is 0 Å². The van der Waals surface area contributed by atoms with E-state index in [4.69, 9.17) is 0 Å². The monoisotopic (exact) mass is 280 g/mol. The van der Waals surface area contributed by atoms with Crippen molar-refractivity contribution in [1.82, 2.24) is 10.2 Å². The van der Waals surface area contributed by atoms with Crippen LogP contribution in [0.3, 0.4) is 0 Å². The highest BCUT2D eigenvalue weighted by atomic mass is 35.5. The molecular formula is C13H26Cl2N2. The maximum Gasteiger partial charge on any atom is 0.0163 e. The number of hydrogen-bond acceptors (Lipinski definition) is 2. The van der Waals surface area contributed by atoms with Crippen molar-refractivity contribution >= 4 is 24.8 Å². The number of hydrogen-bond donors (Lipinski definition) is 1. The molecule has 0 amide bonds. The van der Waals surface area contributed by atoms with Gasteiger partial charge >= 0.3 is 0 Å². The van der Waals surface area contributed by atoms with Gasteiger partial charge < -0.3 is 5.32 Å². The standard InChI is InChI=1S/C13H24N2.2ClH/c1-3-10-15(11-4-2)12-8-13-7-5-6-9-14-13;;/h3-4,13-14H,1-2,5-12H2;2*1H. The highest BCUT2D eigenvalue weighted by molar-refractivity contribution is 5.85. The van der Waals surface area contributed by atoms with E-state index in [1.54, 1.807) is 0 Å². The second-order valence-electron chi connectivity index (χ2n) is 4.27. The molecule has 0 radical (unpaired) electrons. The molecular weight excluding hydrogens is 255 g/mol. The Bertz CT molecular complexity index is 182. The van der Waals surface area contributed by atoms with Crippen LogP contribution in [-0.2, 0) is 0 Å². The zero-order valence-corrected chi connectivity index (χ0v) is 12.2. The third kappa shape index (κ3) is 8.67. The maximum atomic E-state index is 3.79. The lowest BCUT2D eigenvalue weighted by Gasteiger charge is -2.26. The number of piperidine rings is 1. The summed E-state index contributed by atoms with van der Waals surface area (Å²) in [6.45, 7) is 11.9. The summed E-state index contributed by atoms with van der Waals surface area (Å²) in [5.41, 5.74) is 0. The molecule has 1 atom stereocenters. The fraction of sp³-hybridized carbons (Fsp3) is 0.692. The van der Waals surface area contributed by atoms with E-state index in [9.17, 15) is 0 Å². The highest BCUT2D eigenvalue weighted by Gasteiger charge is 2.13. The number of rotatable bonds is 7. The molecule has 1 saturated heterocycles. The number of halogens is 2. The highest BCUT2D eigenvalue weighted by Crippen LogP contribution is 2.10. The molecule has 1 aliphatic heterocycles. The van der Waals surface area contributed by atoms with E-state index < -0.39 is 0 Å². The molecule has 1 N–H and O–H groups in total. The molecule has 1 fully saturated rings. The molecule has 1 unspecified atom stereocenters. The van der Waals surface area contributed by atoms with Crippen molar-refractivity contribution < 1.29 is 0 Å². The molecule has 4 heteroatoms. The average Bonchev–Trinajstić information content (AvgIpc) is 2.28. The van der Waals surface area contributed by atoms with Crippen LogP contribution in [0.25, 0.3) is 0 Å². The van der Waals surface area contributed by atoms with Gasteiger partial charge in [-0.1, -0.05) is 18.6 Å². The van der Waals surface area contributed by atoms with Crippen LogP contribution in [0.2, 0.25) is 0 Å². The van der Waals surface area contributed by atoms with Gasteiger partial charge in [-0.3, -0.25) is 4.90 Å². The van der Waals surface area contributed by atoms with Crippen molar-refractivity contribution in [2.45, 2.75) is 31.7 Å². The molecule has 0 aromatic heterocycles. The molecule has 1 heterocycles. The quantitative estimate of drug-likeness (QED) is 0.722. The molecule has 102 valence electrons. The van der Waals surface area contributed by atoms with Crippen molar-refractivity contribution in [2.24, 2.45) is 0 Å². The Morgan fingerprint density at radius 1 is 1.12 bits per heavy atom. The first-order valence-corrected chi connectivity index (χ1v) is 6.04. The lowest BCUT2D eigenvalue weighted by Crippen LogP contribution is -2.37. The molecule has 0 spiro atoms. The Balaban J connectivity index is 0. The van der Waals surface area contributed by atoms with Gasteiger partial charge in [0, 0.05) is 25.7 Å². The van der Waals surface area contributed by atoms with E-state index in [1.165, 1.54) is 32.2 Å². The predicted molar refractivity (Wildman–Crippen MR) is 81.6 cm³/mol. The Hall–Kier alpha value is -0.0200. The van der Waals surface area contributed by atoms with E-state index >= 15 is 0 Å². The minimum Gasteiger partial charge on any atom is -0.314 e. The Labute approximate surface area is 118 Å². The third-order valence-electron chi connectivity index (χ3n) is 2.98. The lowest BCUT2D eigenvalue weighted by molar-refractivity contribution is 0.287. The van der Waals surface area contributed by atoms with Gasteiger partial charge in [0.2, 0.25) is 0 Å². The van der Waals surface area contributed by atoms with Crippen LogP contribution < -0.4 is 5.32 Å². The average molecular weight is 281 g/mol. The van der Waals surface area contributed by atoms with E-state index in [2.05, 4.69) is 23.4 Å². The van der Waals surface area contributed by atoms with E-state index in [0.717, 1.165) is 25.7 Å². The molecule has 0 aromatic carbocycles. The molecule has 0 saturated carbocycles. The summed E-state index contributed by atoms with van der Waals surface area (Å²) in [6.07, 6.45) is 9.27. The summed E-state index contributed by atoms with van der Waals surface area (Å²) in [5.74, 6) is 0. The Morgan fingerprint density at radius 3 is 2.24 bits per heavy atom. The SMILES string of the molecule is C=CCN(CC=C)CCC1CCCCN1.Cl.Cl. The zero-order valence-electron chi connectivity index (χ0n) is 10.6. The van der Waals surface area contributed by atoms with Crippen LogP contribution in [0.15, 0.2) is 25.3 Å². The van der Waals surface area contributed by atoms with Gasteiger partial charge in [0.25, 0.3) is 0 Å². The Kier molecular flexibility index (Phi) is 14.1. The van der Waals surface area contributed by atoms with Gasteiger partial charge in [0.05, 0.1) is 0 Å².